The van der Waals surface area contributed by atoms with Gasteiger partial charge in [0.15, 0.2) is 11.5 Å². The van der Waals surface area contributed by atoms with E-state index in [-0.39, 0.29) is 18.7 Å². The van der Waals surface area contributed by atoms with Crippen molar-refractivity contribution in [3.8, 4) is 11.5 Å². The third-order valence-electron chi connectivity index (χ3n) is 4.06. The number of esters is 1. The zero-order valence-corrected chi connectivity index (χ0v) is 16.0. The maximum atomic E-state index is 12.6. The Labute approximate surface area is 161 Å². The molecule has 0 N–H and O–H groups in total. The number of ether oxygens (including phenoxy) is 3. The van der Waals surface area contributed by atoms with E-state index in [1.807, 2.05) is 24.3 Å². The first kappa shape index (κ1) is 18.7. The van der Waals surface area contributed by atoms with Crippen LogP contribution in [0.3, 0.4) is 0 Å². The number of carbonyl (C=O) groups is 2. The van der Waals surface area contributed by atoms with Crippen LogP contribution in [0.15, 0.2) is 23.1 Å². The van der Waals surface area contributed by atoms with Gasteiger partial charge in [0.1, 0.15) is 4.32 Å². The van der Waals surface area contributed by atoms with Gasteiger partial charge in [0.05, 0.1) is 12.0 Å². The summed E-state index contributed by atoms with van der Waals surface area (Å²) < 4.78 is 15.8. The summed E-state index contributed by atoms with van der Waals surface area (Å²) in [4.78, 5) is 25.9. The van der Waals surface area contributed by atoms with Gasteiger partial charge in [-0.25, -0.2) is 0 Å². The fourth-order valence-corrected chi connectivity index (χ4v) is 3.97. The number of carbonyl (C=O) groups excluding carboxylic acids is 2. The van der Waals surface area contributed by atoms with Gasteiger partial charge in [-0.2, -0.15) is 0 Å². The van der Waals surface area contributed by atoms with Crippen molar-refractivity contribution in [2.45, 2.75) is 25.7 Å². The summed E-state index contributed by atoms with van der Waals surface area (Å²) >= 11 is 6.64. The monoisotopic (exact) mass is 393 g/mol. The Balaban J connectivity index is 1.55. The average molecular weight is 393 g/mol. The molecule has 0 radical (unpaired) electrons. The molecule has 2 aliphatic rings. The van der Waals surface area contributed by atoms with Gasteiger partial charge in [0, 0.05) is 13.0 Å². The van der Waals surface area contributed by atoms with Gasteiger partial charge in [0.2, 0.25) is 6.79 Å². The Morgan fingerprint density at radius 1 is 1.31 bits per heavy atom. The standard InChI is InChI=1S/C18H19NO5S2/c1-22-16(20)5-3-2-4-8-19-17(21)15(26-18(19)25)10-12-6-7-13-14(9-12)24-11-23-13/h6-7,9-10H,2-5,8,11H2,1H3/b15-10-. The van der Waals surface area contributed by atoms with E-state index >= 15 is 0 Å². The molecule has 6 nitrogen and oxygen atoms in total. The fraction of sp³-hybridized carbons (Fsp3) is 0.389. The number of nitrogens with zero attached hydrogens (tertiary/aromatic N) is 1. The lowest BCUT2D eigenvalue weighted by molar-refractivity contribution is -0.140. The topological polar surface area (TPSA) is 65.1 Å². The molecule has 1 amide bonds. The van der Waals surface area contributed by atoms with Crippen LogP contribution in [-0.4, -0.2) is 41.5 Å². The van der Waals surface area contributed by atoms with E-state index in [0.29, 0.717) is 33.7 Å². The van der Waals surface area contributed by atoms with Crippen molar-refractivity contribution in [1.29, 1.82) is 0 Å². The molecule has 3 rings (SSSR count). The van der Waals surface area contributed by atoms with Crippen molar-refractivity contribution in [2.75, 3.05) is 20.4 Å². The summed E-state index contributed by atoms with van der Waals surface area (Å²) in [5, 5.41) is 0. The van der Waals surface area contributed by atoms with Gasteiger partial charge >= 0.3 is 5.97 Å². The highest BCUT2D eigenvalue weighted by Crippen LogP contribution is 2.36. The van der Waals surface area contributed by atoms with E-state index in [1.165, 1.54) is 18.9 Å². The second kappa shape index (κ2) is 8.55. The van der Waals surface area contributed by atoms with Crippen molar-refractivity contribution < 1.29 is 23.8 Å². The van der Waals surface area contributed by atoms with E-state index < -0.39 is 0 Å². The molecule has 2 aliphatic heterocycles. The molecule has 0 aromatic heterocycles. The van der Waals surface area contributed by atoms with Gasteiger partial charge in [-0.3, -0.25) is 14.5 Å². The fourth-order valence-electron chi connectivity index (χ4n) is 2.67. The molecule has 138 valence electrons. The minimum absolute atomic E-state index is 0.0781. The molecule has 0 unspecified atom stereocenters. The van der Waals surface area contributed by atoms with Crippen LogP contribution in [0.4, 0.5) is 0 Å². The Kier molecular flexibility index (Phi) is 6.16. The molecule has 0 bridgehead atoms. The van der Waals surface area contributed by atoms with Crippen molar-refractivity contribution in [3.63, 3.8) is 0 Å². The van der Waals surface area contributed by atoms with Gasteiger partial charge in [0.25, 0.3) is 5.91 Å². The summed E-state index contributed by atoms with van der Waals surface area (Å²) in [5.41, 5.74) is 0.868. The van der Waals surface area contributed by atoms with E-state index in [4.69, 9.17) is 21.7 Å². The molecule has 1 fully saturated rings. The molecule has 1 saturated heterocycles. The van der Waals surface area contributed by atoms with Gasteiger partial charge in [-0.15, -0.1) is 0 Å². The van der Waals surface area contributed by atoms with Crippen molar-refractivity contribution in [3.05, 3.63) is 28.7 Å². The lowest BCUT2D eigenvalue weighted by Gasteiger charge is -2.13. The zero-order chi connectivity index (χ0) is 18.5. The molecule has 26 heavy (non-hydrogen) atoms. The minimum atomic E-state index is -0.206. The molecule has 8 heteroatoms. The predicted octanol–water partition coefficient (Wildman–Crippen LogP) is 3.35. The third kappa shape index (κ3) is 4.37. The van der Waals surface area contributed by atoms with Crippen LogP contribution in [0.5, 0.6) is 11.5 Å². The largest absolute Gasteiger partial charge is 0.469 e. The predicted molar refractivity (Wildman–Crippen MR) is 103 cm³/mol. The van der Waals surface area contributed by atoms with E-state index in [9.17, 15) is 9.59 Å². The molecule has 0 atom stereocenters. The summed E-state index contributed by atoms with van der Waals surface area (Å²) in [5.74, 6) is 1.11. The SMILES string of the molecule is COC(=O)CCCCCN1C(=O)/C(=C/c2ccc3c(c2)OCO3)SC1=S. The molecule has 1 aromatic carbocycles. The highest BCUT2D eigenvalue weighted by atomic mass is 32.2. The van der Waals surface area contributed by atoms with E-state index in [1.54, 1.807) is 4.90 Å². The highest BCUT2D eigenvalue weighted by molar-refractivity contribution is 8.26. The summed E-state index contributed by atoms with van der Waals surface area (Å²) in [6.07, 6.45) is 4.60. The van der Waals surface area contributed by atoms with Crippen LogP contribution < -0.4 is 9.47 Å². The summed E-state index contributed by atoms with van der Waals surface area (Å²) in [6, 6.07) is 5.56. The number of thiocarbonyl (C=S) groups is 1. The number of thioether (sulfide) groups is 1. The Bertz CT molecular complexity index is 762. The average Bonchev–Trinajstić information content (AvgIpc) is 3.20. The number of hydrogen-bond donors (Lipinski definition) is 0. The van der Waals surface area contributed by atoms with Crippen LogP contribution >= 0.6 is 24.0 Å². The molecular weight excluding hydrogens is 374 g/mol. The van der Waals surface area contributed by atoms with Crippen LogP contribution in [0.2, 0.25) is 0 Å². The lowest BCUT2D eigenvalue weighted by atomic mass is 10.1. The quantitative estimate of drug-likeness (QED) is 0.305. The molecule has 1 aromatic rings. The third-order valence-corrected chi connectivity index (χ3v) is 5.44. The number of hydrogen-bond acceptors (Lipinski definition) is 7. The molecule has 0 aliphatic carbocycles. The zero-order valence-electron chi connectivity index (χ0n) is 14.4. The minimum Gasteiger partial charge on any atom is -0.469 e. The number of unbranched alkanes of at least 4 members (excludes halogenated alkanes) is 2. The van der Waals surface area contributed by atoms with Crippen LogP contribution in [-0.2, 0) is 14.3 Å². The van der Waals surface area contributed by atoms with Gasteiger partial charge < -0.3 is 14.2 Å². The number of methoxy groups -OCH3 is 1. The van der Waals surface area contributed by atoms with Crippen LogP contribution in [0.1, 0.15) is 31.2 Å². The van der Waals surface area contributed by atoms with Crippen molar-refractivity contribution >= 4 is 46.3 Å². The van der Waals surface area contributed by atoms with Crippen molar-refractivity contribution in [1.82, 2.24) is 4.90 Å². The lowest BCUT2D eigenvalue weighted by Crippen LogP contribution is -2.29. The number of rotatable bonds is 7. The molecule has 2 heterocycles. The summed E-state index contributed by atoms with van der Waals surface area (Å²) in [6.45, 7) is 0.779. The second-order valence-corrected chi connectivity index (χ2v) is 7.51. The van der Waals surface area contributed by atoms with Crippen LogP contribution in [0, 0.1) is 0 Å². The van der Waals surface area contributed by atoms with Crippen molar-refractivity contribution in [2.24, 2.45) is 0 Å². The normalized spacial score (nSPS) is 17.3. The molecule has 0 spiro atoms. The number of benzene rings is 1. The second-order valence-electron chi connectivity index (χ2n) is 5.83. The Morgan fingerprint density at radius 3 is 2.92 bits per heavy atom. The first-order valence-electron chi connectivity index (χ1n) is 8.30. The smallest absolute Gasteiger partial charge is 0.305 e. The first-order valence-corrected chi connectivity index (χ1v) is 9.53. The number of amides is 1. The Hall–Kier alpha value is -2.06. The van der Waals surface area contributed by atoms with Gasteiger partial charge in [-0.1, -0.05) is 36.5 Å². The maximum absolute atomic E-state index is 12.6. The van der Waals surface area contributed by atoms with E-state index in [2.05, 4.69) is 4.74 Å². The first-order chi connectivity index (χ1) is 12.6. The molecule has 0 saturated carbocycles. The van der Waals surface area contributed by atoms with Gasteiger partial charge in [-0.05, 0) is 36.6 Å². The highest BCUT2D eigenvalue weighted by Gasteiger charge is 2.31. The van der Waals surface area contributed by atoms with Crippen LogP contribution in [0.25, 0.3) is 6.08 Å². The maximum Gasteiger partial charge on any atom is 0.305 e. The molecular formula is C18H19NO5S2. The number of fused-ring (bicyclic) bond motifs is 1. The Morgan fingerprint density at radius 2 is 2.12 bits per heavy atom. The van der Waals surface area contributed by atoms with E-state index in [0.717, 1.165) is 24.8 Å². The summed E-state index contributed by atoms with van der Waals surface area (Å²) in [7, 11) is 1.38.